The van der Waals surface area contributed by atoms with Crippen molar-refractivity contribution in [3.63, 3.8) is 0 Å². The SMILES string of the molecule is N#COP(=O)(O)C=C1CC(N)(C(=O)O)C2C(C(=O)O)C12. The highest BCUT2D eigenvalue weighted by Gasteiger charge is 2.72. The first kappa shape index (κ1) is 14.5. The second kappa shape index (κ2) is 4.31. The summed E-state index contributed by atoms with van der Waals surface area (Å²) in [6.07, 6.45) is 0.817. The van der Waals surface area contributed by atoms with Crippen LogP contribution in [-0.2, 0) is 18.7 Å². The molecule has 5 unspecified atom stereocenters. The highest BCUT2D eigenvalue weighted by atomic mass is 31.2. The van der Waals surface area contributed by atoms with E-state index in [0.29, 0.717) is 0 Å². The Labute approximate surface area is 112 Å². The van der Waals surface area contributed by atoms with Crippen molar-refractivity contribution in [2.24, 2.45) is 23.5 Å². The number of nitrogens with zero attached hydrogens (tertiary/aromatic N) is 1. The van der Waals surface area contributed by atoms with Gasteiger partial charge in [0.2, 0.25) is 0 Å². The number of hydrogen-bond donors (Lipinski definition) is 4. The number of carboxylic acids is 2. The Morgan fingerprint density at radius 1 is 1.55 bits per heavy atom. The molecule has 2 aliphatic rings. The fraction of sp³-hybridized carbons (Fsp3) is 0.500. The fourth-order valence-corrected chi connectivity index (χ4v) is 3.79. The predicted octanol–water partition coefficient (Wildman–Crippen LogP) is -0.314. The Hall–Kier alpha value is -1.88. The van der Waals surface area contributed by atoms with E-state index < -0.39 is 42.8 Å². The summed E-state index contributed by atoms with van der Waals surface area (Å²) in [6.45, 7) is 0. The van der Waals surface area contributed by atoms with E-state index in [2.05, 4.69) is 4.52 Å². The fourth-order valence-electron chi connectivity index (χ4n) is 2.94. The van der Waals surface area contributed by atoms with Crippen molar-refractivity contribution in [2.75, 3.05) is 0 Å². The van der Waals surface area contributed by atoms with Gasteiger partial charge in [-0.05, 0) is 6.42 Å². The molecule has 5 atom stereocenters. The third-order valence-corrected chi connectivity index (χ3v) is 4.72. The maximum Gasteiger partial charge on any atom is 0.410 e. The first-order valence-electron chi connectivity index (χ1n) is 5.51. The number of nitriles is 1. The Kier molecular flexibility index (Phi) is 3.13. The molecule has 0 saturated heterocycles. The van der Waals surface area contributed by atoms with Crippen molar-refractivity contribution in [2.45, 2.75) is 12.0 Å². The molecule has 0 heterocycles. The van der Waals surface area contributed by atoms with Crippen LogP contribution in [0.5, 0.6) is 0 Å². The van der Waals surface area contributed by atoms with Crippen LogP contribution >= 0.6 is 7.60 Å². The van der Waals surface area contributed by atoms with Gasteiger partial charge in [-0.3, -0.25) is 9.59 Å². The van der Waals surface area contributed by atoms with Gasteiger partial charge in [0.25, 0.3) is 6.26 Å². The molecule has 2 rings (SSSR count). The molecule has 0 aromatic rings. The Morgan fingerprint density at radius 2 is 2.15 bits per heavy atom. The zero-order valence-corrected chi connectivity index (χ0v) is 10.9. The van der Waals surface area contributed by atoms with Crippen molar-refractivity contribution in [3.05, 3.63) is 11.4 Å². The average molecular weight is 302 g/mol. The van der Waals surface area contributed by atoms with E-state index in [9.17, 15) is 19.0 Å². The third-order valence-electron chi connectivity index (χ3n) is 3.72. The number of rotatable bonds is 4. The molecule has 0 aliphatic heterocycles. The molecule has 108 valence electrons. The summed E-state index contributed by atoms with van der Waals surface area (Å²) in [5, 5.41) is 26.4. The van der Waals surface area contributed by atoms with E-state index >= 15 is 0 Å². The zero-order valence-electron chi connectivity index (χ0n) is 9.96. The summed E-state index contributed by atoms with van der Waals surface area (Å²) >= 11 is 0. The molecular formula is C10H11N2O7P. The van der Waals surface area contributed by atoms with E-state index in [4.69, 9.17) is 21.2 Å². The lowest BCUT2D eigenvalue weighted by Crippen LogP contribution is -2.49. The van der Waals surface area contributed by atoms with Crippen LogP contribution in [0.15, 0.2) is 11.4 Å². The van der Waals surface area contributed by atoms with E-state index in [0.717, 1.165) is 12.1 Å². The number of hydrogen-bond acceptors (Lipinski definition) is 6. The van der Waals surface area contributed by atoms with Gasteiger partial charge >= 0.3 is 19.5 Å². The Bertz CT molecular complexity index is 609. The van der Waals surface area contributed by atoms with E-state index in [-0.39, 0.29) is 12.0 Å². The molecular weight excluding hydrogens is 291 g/mol. The Morgan fingerprint density at radius 3 is 2.60 bits per heavy atom. The maximum absolute atomic E-state index is 11.5. The lowest BCUT2D eigenvalue weighted by molar-refractivity contribution is -0.145. The monoisotopic (exact) mass is 302 g/mol. The van der Waals surface area contributed by atoms with Crippen molar-refractivity contribution in [3.8, 4) is 6.26 Å². The standard InChI is InChI=1S/C10H11N2O7P/c11-3-19-20(17,18)2-4-1-10(12,9(15)16)7-5(4)6(7)8(13)14/h2,5-7H,1,12H2,(H,13,14)(H,15,16)(H,17,18). The van der Waals surface area contributed by atoms with Gasteiger partial charge in [-0.2, -0.15) is 0 Å². The molecule has 5 N–H and O–H groups in total. The lowest BCUT2D eigenvalue weighted by Gasteiger charge is -2.21. The first-order chi connectivity index (χ1) is 9.14. The number of aliphatic carboxylic acids is 2. The highest BCUT2D eigenvalue weighted by molar-refractivity contribution is 7.56. The minimum atomic E-state index is -4.36. The van der Waals surface area contributed by atoms with E-state index in [1.54, 1.807) is 0 Å². The molecule has 10 heteroatoms. The first-order valence-corrected chi connectivity index (χ1v) is 7.15. The van der Waals surface area contributed by atoms with E-state index in [1.165, 1.54) is 0 Å². The van der Waals surface area contributed by atoms with Gasteiger partial charge in [0.05, 0.1) is 5.92 Å². The van der Waals surface area contributed by atoms with Crippen LogP contribution < -0.4 is 5.73 Å². The molecule has 0 radical (unpaired) electrons. The second-order valence-corrected chi connectivity index (χ2v) is 6.46. The lowest BCUT2D eigenvalue weighted by atomic mass is 9.90. The minimum Gasteiger partial charge on any atom is -0.481 e. The number of nitrogens with two attached hydrogens (primary N) is 1. The molecule has 2 saturated carbocycles. The topological polar surface area (TPSA) is 171 Å². The molecule has 2 aliphatic carbocycles. The molecule has 0 amide bonds. The molecule has 0 bridgehead atoms. The molecule has 20 heavy (non-hydrogen) atoms. The quantitative estimate of drug-likeness (QED) is 0.401. The van der Waals surface area contributed by atoms with Gasteiger partial charge < -0.3 is 25.4 Å². The largest absolute Gasteiger partial charge is 0.481 e. The summed E-state index contributed by atoms with van der Waals surface area (Å²) in [6, 6.07) is 0. The van der Waals surface area contributed by atoms with Gasteiger partial charge in [-0.1, -0.05) is 5.57 Å². The van der Waals surface area contributed by atoms with Crippen molar-refractivity contribution in [1.29, 1.82) is 5.26 Å². The maximum atomic E-state index is 11.5. The highest BCUT2D eigenvalue weighted by Crippen LogP contribution is 2.65. The van der Waals surface area contributed by atoms with Gasteiger partial charge in [-0.25, -0.2) is 4.57 Å². The number of carbonyl (C=O) groups is 2. The summed E-state index contributed by atoms with van der Waals surface area (Å²) in [7, 11) is -4.36. The summed E-state index contributed by atoms with van der Waals surface area (Å²) < 4.78 is 15.5. The van der Waals surface area contributed by atoms with Crippen molar-refractivity contribution >= 4 is 19.5 Å². The third kappa shape index (κ3) is 2.08. The minimum absolute atomic E-state index is 0.133. The van der Waals surface area contributed by atoms with Crippen LogP contribution in [0.1, 0.15) is 6.42 Å². The molecule has 0 aromatic heterocycles. The van der Waals surface area contributed by atoms with Crippen LogP contribution in [0.4, 0.5) is 0 Å². The Balaban J connectivity index is 2.37. The number of carboxylic acid groups (broad SMARTS) is 2. The van der Waals surface area contributed by atoms with Crippen molar-refractivity contribution in [1.82, 2.24) is 0 Å². The second-order valence-electron chi connectivity index (χ2n) is 4.89. The zero-order chi connectivity index (χ0) is 15.3. The average Bonchev–Trinajstić information content (AvgIpc) is 2.96. The predicted molar refractivity (Wildman–Crippen MR) is 61.9 cm³/mol. The van der Waals surface area contributed by atoms with Crippen LogP contribution in [-0.4, -0.2) is 32.6 Å². The van der Waals surface area contributed by atoms with Gasteiger partial charge in [0, 0.05) is 17.7 Å². The van der Waals surface area contributed by atoms with Crippen LogP contribution in [0.25, 0.3) is 0 Å². The van der Waals surface area contributed by atoms with Gasteiger partial charge in [0.1, 0.15) is 5.54 Å². The van der Waals surface area contributed by atoms with Gasteiger partial charge in [-0.15, -0.1) is 5.26 Å². The summed E-state index contributed by atoms with van der Waals surface area (Å²) in [5.74, 6) is -4.39. The van der Waals surface area contributed by atoms with E-state index in [1.807, 2.05) is 0 Å². The van der Waals surface area contributed by atoms with Crippen LogP contribution in [0.3, 0.4) is 0 Å². The molecule has 0 aromatic carbocycles. The molecule has 9 nitrogen and oxygen atoms in total. The normalized spacial score (nSPS) is 39.5. The van der Waals surface area contributed by atoms with Crippen LogP contribution in [0, 0.1) is 29.3 Å². The van der Waals surface area contributed by atoms with Gasteiger partial charge in [0.15, 0.2) is 0 Å². The van der Waals surface area contributed by atoms with Crippen LogP contribution in [0.2, 0.25) is 0 Å². The summed E-state index contributed by atoms with van der Waals surface area (Å²) in [5.41, 5.74) is 4.06. The summed E-state index contributed by atoms with van der Waals surface area (Å²) in [4.78, 5) is 31.6. The number of fused-ring (bicyclic) bond motifs is 1. The molecule has 0 spiro atoms. The molecule has 2 fully saturated rings. The smallest absolute Gasteiger partial charge is 0.410 e. The van der Waals surface area contributed by atoms with Crippen molar-refractivity contribution < 1.29 is 33.8 Å².